The Labute approximate surface area is 153 Å². The lowest BCUT2D eigenvalue weighted by Crippen LogP contribution is -2.64. The summed E-state index contributed by atoms with van der Waals surface area (Å²) in [6.07, 6.45) is -0.522. The Morgan fingerprint density at radius 3 is 2.69 bits per heavy atom. The smallest absolute Gasteiger partial charge is 0.325 e. The summed E-state index contributed by atoms with van der Waals surface area (Å²) >= 11 is 0. The van der Waals surface area contributed by atoms with Crippen molar-refractivity contribution >= 4 is 17.9 Å². The number of carbonyl (C=O) groups excluding carboxylic acids is 2. The second kappa shape index (κ2) is 7.74. The van der Waals surface area contributed by atoms with Crippen molar-refractivity contribution in [2.45, 2.75) is 25.7 Å². The number of aliphatic imine (C=N–C) groups is 1. The van der Waals surface area contributed by atoms with E-state index in [-0.39, 0.29) is 5.91 Å². The molecule has 2 heterocycles. The fourth-order valence-corrected chi connectivity index (χ4v) is 3.30. The first-order chi connectivity index (χ1) is 12.5. The molecule has 2 aliphatic rings. The molecular weight excluding hydrogens is 334 g/mol. The predicted molar refractivity (Wildman–Crippen MR) is 97.4 cm³/mol. The number of hydrogen-bond acceptors (Lipinski definition) is 6. The highest BCUT2D eigenvalue weighted by Crippen LogP contribution is 2.25. The second-order valence-corrected chi connectivity index (χ2v) is 6.42. The number of benzene rings is 1. The number of guanidine groups is 1. The second-order valence-electron chi connectivity index (χ2n) is 6.42. The van der Waals surface area contributed by atoms with Crippen molar-refractivity contribution in [2.24, 2.45) is 4.99 Å². The highest BCUT2D eigenvalue weighted by atomic mass is 16.5. The first-order valence-electron chi connectivity index (χ1n) is 8.77. The zero-order chi connectivity index (χ0) is 18.7. The SMILES string of the molecule is CCOCCN1C(N(C)Cc2ccccc2)=NC2C1C(=O)NC(=O)N2C. The average Bonchev–Trinajstić information content (AvgIpc) is 3.01. The van der Waals surface area contributed by atoms with Crippen LogP contribution in [-0.4, -0.2) is 78.7 Å². The monoisotopic (exact) mass is 359 g/mol. The van der Waals surface area contributed by atoms with Crippen molar-refractivity contribution in [3.63, 3.8) is 0 Å². The van der Waals surface area contributed by atoms with Gasteiger partial charge in [0.15, 0.2) is 18.2 Å². The van der Waals surface area contributed by atoms with Crippen LogP contribution in [0.3, 0.4) is 0 Å². The van der Waals surface area contributed by atoms with Gasteiger partial charge in [0.2, 0.25) is 0 Å². The number of hydrogen-bond donors (Lipinski definition) is 1. The van der Waals surface area contributed by atoms with Gasteiger partial charge >= 0.3 is 6.03 Å². The molecule has 1 aromatic rings. The van der Waals surface area contributed by atoms with Gasteiger partial charge in [0.05, 0.1) is 6.61 Å². The lowest BCUT2D eigenvalue weighted by molar-refractivity contribution is -0.127. The van der Waals surface area contributed by atoms with Gasteiger partial charge < -0.3 is 19.4 Å². The average molecular weight is 359 g/mol. The maximum absolute atomic E-state index is 12.5. The minimum Gasteiger partial charge on any atom is -0.380 e. The fourth-order valence-electron chi connectivity index (χ4n) is 3.30. The quantitative estimate of drug-likeness (QED) is 0.757. The van der Waals surface area contributed by atoms with Crippen LogP contribution in [0.15, 0.2) is 35.3 Å². The van der Waals surface area contributed by atoms with Gasteiger partial charge in [0.1, 0.15) is 0 Å². The molecule has 8 heteroatoms. The maximum atomic E-state index is 12.5. The summed E-state index contributed by atoms with van der Waals surface area (Å²) in [6, 6.07) is 9.10. The van der Waals surface area contributed by atoms with Crippen LogP contribution in [0.2, 0.25) is 0 Å². The van der Waals surface area contributed by atoms with Crippen LogP contribution in [0.25, 0.3) is 0 Å². The number of nitrogens with one attached hydrogen (secondary N) is 1. The van der Waals surface area contributed by atoms with Crippen molar-refractivity contribution in [1.29, 1.82) is 0 Å². The van der Waals surface area contributed by atoms with Crippen LogP contribution >= 0.6 is 0 Å². The van der Waals surface area contributed by atoms with E-state index in [1.807, 2.05) is 54.1 Å². The van der Waals surface area contributed by atoms with E-state index in [0.717, 1.165) is 5.56 Å². The summed E-state index contributed by atoms with van der Waals surface area (Å²) in [5.74, 6) is 0.377. The molecule has 3 rings (SSSR count). The molecule has 0 bridgehead atoms. The Bertz CT molecular complexity index is 693. The molecule has 2 unspecified atom stereocenters. The Balaban J connectivity index is 1.84. The van der Waals surface area contributed by atoms with Crippen LogP contribution in [-0.2, 0) is 16.1 Å². The molecule has 0 aromatic heterocycles. The molecule has 8 nitrogen and oxygen atoms in total. The molecule has 1 N–H and O–H groups in total. The number of carbonyl (C=O) groups is 2. The van der Waals surface area contributed by atoms with Gasteiger partial charge in [-0.25, -0.2) is 9.79 Å². The minimum absolute atomic E-state index is 0.318. The number of likely N-dealkylation sites (N-methyl/N-ethyl adjacent to an activating group) is 1. The summed E-state index contributed by atoms with van der Waals surface area (Å²) in [4.78, 5) is 34.5. The lowest BCUT2D eigenvalue weighted by atomic mass is 10.1. The molecule has 0 saturated carbocycles. The Morgan fingerprint density at radius 1 is 1.27 bits per heavy atom. The van der Waals surface area contributed by atoms with E-state index in [2.05, 4.69) is 5.32 Å². The number of rotatable bonds is 6. The number of amides is 3. The molecule has 1 fully saturated rings. The van der Waals surface area contributed by atoms with Crippen molar-refractivity contribution in [3.8, 4) is 0 Å². The summed E-state index contributed by atoms with van der Waals surface area (Å²) in [6.45, 7) is 4.22. The van der Waals surface area contributed by atoms with Crippen molar-refractivity contribution in [1.82, 2.24) is 20.0 Å². The normalized spacial score (nSPS) is 22.2. The van der Waals surface area contributed by atoms with Crippen molar-refractivity contribution in [3.05, 3.63) is 35.9 Å². The highest BCUT2D eigenvalue weighted by Gasteiger charge is 2.49. The molecular formula is C18H25N5O3. The fraction of sp³-hybridized carbons (Fsp3) is 0.500. The zero-order valence-corrected chi connectivity index (χ0v) is 15.4. The van der Waals surface area contributed by atoms with Crippen LogP contribution in [0, 0.1) is 0 Å². The lowest BCUT2D eigenvalue weighted by Gasteiger charge is -2.37. The van der Waals surface area contributed by atoms with Gasteiger partial charge in [-0.3, -0.25) is 10.1 Å². The number of urea groups is 1. The largest absolute Gasteiger partial charge is 0.380 e. The maximum Gasteiger partial charge on any atom is 0.325 e. The molecule has 0 spiro atoms. The van der Waals surface area contributed by atoms with E-state index in [0.29, 0.717) is 32.3 Å². The molecule has 1 aromatic carbocycles. The molecule has 3 amide bonds. The molecule has 1 saturated heterocycles. The van der Waals surface area contributed by atoms with E-state index in [4.69, 9.17) is 9.73 Å². The third-order valence-corrected chi connectivity index (χ3v) is 4.62. The van der Waals surface area contributed by atoms with E-state index < -0.39 is 18.2 Å². The summed E-state index contributed by atoms with van der Waals surface area (Å²) in [5.41, 5.74) is 1.14. The Hall–Kier alpha value is -2.61. The third-order valence-electron chi connectivity index (χ3n) is 4.62. The summed E-state index contributed by atoms with van der Waals surface area (Å²) in [7, 11) is 3.60. The van der Waals surface area contributed by atoms with Gasteiger partial charge in [-0.05, 0) is 12.5 Å². The van der Waals surface area contributed by atoms with Gasteiger partial charge in [0, 0.05) is 33.8 Å². The van der Waals surface area contributed by atoms with Crippen LogP contribution in [0.1, 0.15) is 12.5 Å². The van der Waals surface area contributed by atoms with Gasteiger partial charge in [-0.15, -0.1) is 0 Å². The minimum atomic E-state index is -0.536. The van der Waals surface area contributed by atoms with Crippen molar-refractivity contribution in [2.75, 3.05) is 33.9 Å². The molecule has 140 valence electrons. The number of fused-ring (bicyclic) bond motifs is 1. The van der Waals surface area contributed by atoms with E-state index in [9.17, 15) is 9.59 Å². The van der Waals surface area contributed by atoms with E-state index in [1.54, 1.807) is 7.05 Å². The first-order valence-corrected chi connectivity index (χ1v) is 8.77. The molecule has 0 aliphatic carbocycles. The van der Waals surface area contributed by atoms with Gasteiger partial charge in [-0.2, -0.15) is 0 Å². The number of ether oxygens (including phenoxy) is 1. The number of imide groups is 1. The Kier molecular flexibility index (Phi) is 5.41. The third kappa shape index (κ3) is 3.50. The molecule has 2 aliphatic heterocycles. The first kappa shape index (κ1) is 18.2. The van der Waals surface area contributed by atoms with Crippen molar-refractivity contribution < 1.29 is 14.3 Å². The van der Waals surface area contributed by atoms with Crippen LogP contribution in [0.4, 0.5) is 4.79 Å². The topological polar surface area (TPSA) is 77.5 Å². The highest BCUT2D eigenvalue weighted by molar-refractivity contribution is 6.03. The zero-order valence-electron chi connectivity index (χ0n) is 15.4. The van der Waals surface area contributed by atoms with E-state index in [1.165, 1.54) is 4.90 Å². The molecule has 2 atom stereocenters. The van der Waals surface area contributed by atoms with Crippen LogP contribution < -0.4 is 5.32 Å². The summed E-state index contributed by atoms with van der Waals surface area (Å²) < 4.78 is 5.48. The summed E-state index contributed by atoms with van der Waals surface area (Å²) in [5, 5.41) is 2.40. The van der Waals surface area contributed by atoms with E-state index >= 15 is 0 Å². The Morgan fingerprint density at radius 2 is 2.00 bits per heavy atom. The molecule has 26 heavy (non-hydrogen) atoms. The number of nitrogens with zero attached hydrogens (tertiary/aromatic N) is 4. The van der Waals surface area contributed by atoms with Gasteiger partial charge in [-0.1, -0.05) is 30.3 Å². The standard InChI is InChI=1S/C18H25N5O3/c1-4-26-11-10-23-14-15(22(3)18(25)20-16(14)24)19-17(23)21(2)12-13-8-6-5-7-9-13/h5-9,14-15H,4,10-12H2,1-3H3,(H,20,24,25). The predicted octanol–water partition coefficient (Wildman–Crippen LogP) is 0.703. The van der Waals surface area contributed by atoms with Crippen LogP contribution in [0.5, 0.6) is 0 Å². The van der Waals surface area contributed by atoms with Gasteiger partial charge in [0.25, 0.3) is 5.91 Å². The molecule has 0 radical (unpaired) electrons.